The maximum Gasteiger partial charge on any atom is 0.424 e. The molecule has 6 heteroatoms. The molecule has 136 valence electrons. The van der Waals surface area contributed by atoms with Gasteiger partial charge in [-0.2, -0.15) is 4.31 Å². The number of ether oxygens (including phenoxy) is 1. The van der Waals surface area contributed by atoms with Gasteiger partial charge in [-0.1, -0.05) is 51.1 Å². The summed E-state index contributed by atoms with van der Waals surface area (Å²) >= 11 is 0. The zero-order valence-corrected chi connectivity index (χ0v) is 16.0. The summed E-state index contributed by atoms with van der Waals surface area (Å²) in [4.78, 5) is 12.6. The van der Waals surface area contributed by atoms with Gasteiger partial charge in [-0.3, -0.25) is 0 Å². The third kappa shape index (κ3) is 3.63. The molecule has 5 nitrogen and oxygen atoms in total. The van der Waals surface area contributed by atoms with Crippen molar-refractivity contribution >= 4 is 16.1 Å². The van der Waals surface area contributed by atoms with Crippen LogP contribution in [0.3, 0.4) is 0 Å². The fourth-order valence-corrected chi connectivity index (χ4v) is 4.37. The molecule has 0 aromatic heterocycles. The standard InChI is InChI=1S/C19H25NO4S/c1-7-8-14(3)16-17(19(4,5)6)24-18(21)20(16)25(22,23)15-11-9-13(2)10-12-15/h7,9-12,16-17H,1,3,8H2,2,4-6H3/t16-,17+/m0/s1. The summed E-state index contributed by atoms with van der Waals surface area (Å²) in [5.41, 5.74) is 1.07. The van der Waals surface area contributed by atoms with Crippen LogP contribution in [0.2, 0.25) is 0 Å². The van der Waals surface area contributed by atoms with E-state index in [1.54, 1.807) is 18.2 Å². The molecule has 0 N–H and O–H groups in total. The van der Waals surface area contributed by atoms with Crippen LogP contribution in [0.1, 0.15) is 32.8 Å². The van der Waals surface area contributed by atoms with E-state index in [1.165, 1.54) is 12.1 Å². The Hall–Kier alpha value is -2.08. The van der Waals surface area contributed by atoms with Crippen molar-refractivity contribution < 1.29 is 17.9 Å². The van der Waals surface area contributed by atoms with Crippen LogP contribution in [0.5, 0.6) is 0 Å². The average Bonchev–Trinajstić information content (AvgIpc) is 2.86. The summed E-state index contributed by atoms with van der Waals surface area (Å²) < 4.78 is 32.5. The van der Waals surface area contributed by atoms with Gasteiger partial charge in [-0.25, -0.2) is 13.2 Å². The van der Waals surface area contributed by atoms with Gasteiger partial charge in [0.15, 0.2) is 0 Å². The Morgan fingerprint density at radius 1 is 1.28 bits per heavy atom. The molecule has 0 aliphatic carbocycles. The zero-order chi connectivity index (χ0) is 19.0. The molecule has 1 saturated heterocycles. The van der Waals surface area contributed by atoms with Gasteiger partial charge in [0.1, 0.15) is 12.1 Å². The lowest BCUT2D eigenvalue weighted by Crippen LogP contribution is -2.45. The fourth-order valence-electron chi connectivity index (χ4n) is 2.87. The first-order valence-corrected chi connectivity index (χ1v) is 9.54. The minimum Gasteiger partial charge on any atom is -0.442 e. The molecule has 0 radical (unpaired) electrons. The normalized spacial score (nSPS) is 21.1. The number of carbonyl (C=O) groups excluding carboxylic acids is 1. The van der Waals surface area contributed by atoms with E-state index >= 15 is 0 Å². The summed E-state index contributed by atoms with van der Waals surface area (Å²) in [6.45, 7) is 15.2. The first-order chi connectivity index (χ1) is 11.5. The van der Waals surface area contributed by atoms with Gasteiger partial charge in [0.25, 0.3) is 10.0 Å². The summed E-state index contributed by atoms with van der Waals surface area (Å²) in [5.74, 6) is 0. The highest BCUT2D eigenvalue weighted by atomic mass is 32.2. The van der Waals surface area contributed by atoms with E-state index in [0.29, 0.717) is 12.0 Å². The van der Waals surface area contributed by atoms with E-state index in [9.17, 15) is 13.2 Å². The van der Waals surface area contributed by atoms with Crippen LogP contribution in [-0.4, -0.2) is 31.0 Å². The molecule has 0 saturated carbocycles. The molecule has 2 rings (SSSR count). The van der Waals surface area contributed by atoms with Gasteiger partial charge in [0.2, 0.25) is 0 Å². The number of hydrogen-bond donors (Lipinski definition) is 0. The van der Waals surface area contributed by atoms with Gasteiger partial charge in [0, 0.05) is 5.41 Å². The summed E-state index contributed by atoms with van der Waals surface area (Å²) in [5, 5.41) is 0. The van der Waals surface area contributed by atoms with Crippen LogP contribution in [0, 0.1) is 12.3 Å². The molecule has 1 heterocycles. The number of sulfonamides is 1. The van der Waals surface area contributed by atoms with E-state index in [4.69, 9.17) is 4.74 Å². The van der Waals surface area contributed by atoms with Gasteiger partial charge >= 0.3 is 6.09 Å². The summed E-state index contributed by atoms with van der Waals surface area (Å²) in [6, 6.07) is 5.62. The van der Waals surface area contributed by atoms with Crippen molar-refractivity contribution in [2.75, 3.05) is 0 Å². The van der Waals surface area contributed by atoms with Gasteiger partial charge in [-0.15, -0.1) is 6.58 Å². The Labute approximate surface area is 150 Å². The third-order valence-corrected chi connectivity index (χ3v) is 5.97. The number of rotatable bonds is 5. The molecular weight excluding hydrogens is 338 g/mol. The third-order valence-electron chi connectivity index (χ3n) is 4.20. The minimum absolute atomic E-state index is 0.0565. The van der Waals surface area contributed by atoms with Crippen molar-refractivity contribution in [2.45, 2.75) is 51.2 Å². The topological polar surface area (TPSA) is 63.7 Å². The molecule has 1 aromatic carbocycles. The Bertz CT molecular complexity index is 788. The fraction of sp³-hybridized carbons (Fsp3) is 0.421. The smallest absolute Gasteiger partial charge is 0.424 e. The molecule has 25 heavy (non-hydrogen) atoms. The quantitative estimate of drug-likeness (QED) is 0.740. The number of cyclic esters (lactones) is 1. The van der Waals surface area contributed by atoms with Gasteiger partial charge in [0.05, 0.1) is 4.90 Å². The first-order valence-electron chi connectivity index (χ1n) is 8.10. The predicted molar refractivity (Wildman–Crippen MR) is 97.7 cm³/mol. The Morgan fingerprint density at radius 3 is 2.32 bits per heavy atom. The lowest BCUT2D eigenvalue weighted by atomic mass is 9.82. The van der Waals surface area contributed by atoms with Crippen molar-refractivity contribution in [3.05, 3.63) is 54.6 Å². The highest BCUT2D eigenvalue weighted by Crippen LogP contribution is 2.39. The lowest BCUT2D eigenvalue weighted by molar-refractivity contribution is 0.0612. The number of amides is 1. The largest absolute Gasteiger partial charge is 0.442 e. The van der Waals surface area contributed by atoms with Crippen molar-refractivity contribution in [3.8, 4) is 0 Å². The number of aryl methyl sites for hydroxylation is 1. The van der Waals surface area contributed by atoms with Crippen LogP contribution >= 0.6 is 0 Å². The van der Waals surface area contributed by atoms with Crippen molar-refractivity contribution in [1.82, 2.24) is 4.31 Å². The molecule has 0 unspecified atom stereocenters. The molecular formula is C19H25NO4S. The molecule has 1 amide bonds. The molecule has 1 aromatic rings. The molecule has 2 atom stereocenters. The van der Waals surface area contributed by atoms with Crippen LogP contribution in [-0.2, 0) is 14.8 Å². The second kappa shape index (κ2) is 6.67. The number of nitrogens with zero attached hydrogens (tertiary/aromatic N) is 1. The maximum atomic E-state index is 13.1. The predicted octanol–water partition coefficient (Wildman–Crippen LogP) is 4.05. The summed E-state index contributed by atoms with van der Waals surface area (Å²) in [7, 11) is -4.05. The van der Waals surface area contributed by atoms with Crippen LogP contribution < -0.4 is 0 Å². The van der Waals surface area contributed by atoms with Crippen LogP contribution in [0.15, 0.2) is 54.0 Å². The SMILES string of the molecule is C=CCC(=C)[C@H]1[C@H](C(C)(C)C)OC(=O)N1S(=O)(=O)c1ccc(C)cc1. The van der Waals surface area contributed by atoms with E-state index in [0.717, 1.165) is 9.87 Å². The Balaban J connectivity index is 2.55. The molecule has 1 aliphatic rings. The second-order valence-corrected chi connectivity index (χ2v) is 9.20. The highest BCUT2D eigenvalue weighted by molar-refractivity contribution is 7.89. The van der Waals surface area contributed by atoms with Crippen molar-refractivity contribution in [1.29, 1.82) is 0 Å². The van der Waals surface area contributed by atoms with Gasteiger partial charge in [-0.05, 0) is 31.1 Å². The van der Waals surface area contributed by atoms with E-state index in [1.807, 2.05) is 27.7 Å². The highest BCUT2D eigenvalue weighted by Gasteiger charge is 2.53. The van der Waals surface area contributed by atoms with E-state index in [2.05, 4.69) is 13.2 Å². The maximum absolute atomic E-state index is 13.1. The van der Waals surface area contributed by atoms with Crippen molar-refractivity contribution in [2.24, 2.45) is 5.41 Å². The van der Waals surface area contributed by atoms with Crippen LogP contribution in [0.4, 0.5) is 4.79 Å². The van der Waals surface area contributed by atoms with E-state index < -0.39 is 33.7 Å². The average molecular weight is 363 g/mol. The zero-order valence-electron chi connectivity index (χ0n) is 15.2. The number of hydrogen-bond acceptors (Lipinski definition) is 4. The first kappa shape index (κ1) is 19.2. The van der Waals surface area contributed by atoms with Crippen LogP contribution in [0.25, 0.3) is 0 Å². The van der Waals surface area contributed by atoms with Crippen molar-refractivity contribution in [3.63, 3.8) is 0 Å². The number of carbonyl (C=O) groups is 1. The van der Waals surface area contributed by atoms with E-state index in [-0.39, 0.29) is 4.90 Å². The summed E-state index contributed by atoms with van der Waals surface area (Å²) in [6.07, 6.45) is 0.554. The Morgan fingerprint density at radius 2 is 1.84 bits per heavy atom. The molecule has 0 spiro atoms. The molecule has 0 bridgehead atoms. The van der Waals surface area contributed by atoms with Gasteiger partial charge < -0.3 is 4.74 Å². The lowest BCUT2D eigenvalue weighted by Gasteiger charge is -2.32. The second-order valence-electron chi connectivity index (χ2n) is 7.38. The Kier molecular flexibility index (Phi) is 5.14. The minimum atomic E-state index is -4.05. The number of allylic oxidation sites excluding steroid dienone is 1. The molecule has 1 aliphatic heterocycles. The number of benzene rings is 1. The monoisotopic (exact) mass is 363 g/mol. The molecule has 1 fully saturated rings.